The lowest BCUT2D eigenvalue weighted by molar-refractivity contribution is -0.160. The zero-order valence-corrected chi connectivity index (χ0v) is 10.6. The van der Waals surface area contributed by atoms with E-state index in [1.807, 2.05) is 0 Å². The number of amides is 1. The Labute approximate surface area is 96.3 Å². The molecule has 5 nitrogen and oxygen atoms in total. The van der Waals surface area contributed by atoms with Crippen LogP contribution in [0.3, 0.4) is 0 Å². The molecule has 1 aliphatic heterocycles. The van der Waals surface area contributed by atoms with Crippen LogP contribution in [0.4, 0.5) is 0 Å². The van der Waals surface area contributed by atoms with Gasteiger partial charge in [0.2, 0.25) is 5.91 Å². The van der Waals surface area contributed by atoms with E-state index in [0.717, 1.165) is 0 Å². The minimum absolute atomic E-state index is 0.110. The van der Waals surface area contributed by atoms with Gasteiger partial charge in [-0.3, -0.25) is 4.79 Å². The molecular formula is C11H21NO4. The van der Waals surface area contributed by atoms with Crippen molar-refractivity contribution in [2.75, 3.05) is 20.7 Å². The molecule has 5 heteroatoms. The van der Waals surface area contributed by atoms with Crippen molar-refractivity contribution < 1.29 is 19.4 Å². The highest BCUT2D eigenvalue weighted by Crippen LogP contribution is 2.26. The fourth-order valence-electron chi connectivity index (χ4n) is 1.76. The summed E-state index contributed by atoms with van der Waals surface area (Å²) in [5.41, 5.74) is 0. The summed E-state index contributed by atoms with van der Waals surface area (Å²) in [6.45, 7) is 5.59. The number of nitrogens with zero attached hydrogens (tertiary/aromatic N) is 1. The Balaban J connectivity index is 2.58. The standard InChI is InChI=1S/C11H21NO4/c1-7(10(14)12(4)5)9(13)8-6-15-11(2,3)16-8/h7-9,13H,6H2,1-5H3/t7-,8-,9+/m1/s1. The summed E-state index contributed by atoms with van der Waals surface area (Å²) >= 11 is 0. The molecule has 1 rings (SSSR count). The second kappa shape index (κ2) is 4.69. The van der Waals surface area contributed by atoms with Crippen LogP contribution >= 0.6 is 0 Å². The molecule has 16 heavy (non-hydrogen) atoms. The first-order chi connectivity index (χ1) is 7.24. The lowest BCUT2D eigenvalue weighted by Gasteiger charge is -2.26. The van der Waals surface area contributed by atoms with Gasteiger partial charge in [-0.1, -0.05) is 6.92 Å². The van der Waals surface area contributed by atoms with Gasteiger partial charge in [-0.05, 0) is 13.8 Å². The van der Waals surface area contributed by atoms with Crippen molar-refractivity contribution in [2.24, 2.45) is 5.92 Å². The maximum atomic E-state index is 11.7. The first-order valence-electron chi connectivity index (χ1n) is 5.45. The molecule has 0 spiro atoms. The van der Waals surface area contributed by atoms with Crippen LogP contribution in [0.25, 0.3) is 0 Å². The molecule has 0 aromatic rings. The lowest BCUT2D eigenvalue weighted by Crippen LogP contribution is -2.42. The number of carbonyl (C=O) groups is 1. The molecule has 0 unspecified atom stereocenters. The minimum atomic E-state index is -0.836. The maximum Gasteiger partial charge on any atom is 0.227 e. The predicted octanol–water partition coefficient (Wildman–Crippen LogP) is 0.223. The average Bonchev–Trinajstić information content (AvgIpc) is 2.55. The molecule has 1 heterocycles. The molecule has 0 aromatic carbocycles. The van der Waals surface area contributed by atoms with Crippen molar-refractivity contribution in [3.8, 4) is 0 Å². The second-order valence-electron chi connectivity index (χ2n) is 4.88. The van der Waals surface area contributed by atoms with E-state index in [2.05, 4.69) is 0 Å². The highest BCUT2D eigenvalue weighted by molar-refractivity contribution is 5.78. The smallest absolute Gasteiger partial charge is 0.227 e. The molecule has 1 aliphatic rings. The third kappa shape index (κ3) is 2.93. The third-order valence-corrected chi connectivity index (χ3v) is 2.75. The topological polar surface area (TPSA) is 59.0 Å². The fourth-order valence-corrected chi connectivity index (χ4v) is 1.76. The Morgan fingerprint density at radius 1 is 1.50 bits per heavy atom. The molecule has 0 radical (unpaired) electrons. The van der Waals surface area contributed by atoms with Crippen molar-refractivity contribution >= 4 is 5.91 Å². The number of rotatable bonds is 3. The van der Waals surface area contributed by atoms with Crippen molar-refractivity contribution in [2.45, 2.75) is 38.8 Å². The van der Waals surface area contributed by atoms with Gasteiger partial charge in [-0.25, -0.2) is 0 Å². The van der Waals surface area contributed by atoms with Gasteiger partial charge in [0, 0.05) is 14.1 Å². The monoisotopic (exact) mass is 231 g/mol. The van der Waals surface area contributed by atoms with Crippen LogP contribution in [0.15, 0.2) is 0 Å². The summed E-state index contributed by atoms with van der Waals surface area (Å²) in [7, 11) is 3.34. The van der Waals surface area contributed by atoms with E-state index in [-0.39, 0.29) is 5.91 Å². The zero-order valence-electron chi connectivity index (χ0n) is 10.6. The SMILES string of the molecule is C[C@@H](C(=O)N(C)C)[C@H](O)[C@H]1COC(C)(C)O1. The Kier molecular flexibility index (Phi) is 3.93. The van der Waals surface area contributed by atoms with E-state index in [1.54, 1.807) is 34.9 Å². The number of hydrogen-bond donors (Lipinski definition) is 1. The summed E-state index contributed by atoms with van der Waals surface area (Å²) in [5, 5.41) is 10.0. The van der Waals surface area contributed by atoms with Gasteiger partial charge in [-0.15, -0.1) is 0 Å². The number of aliphatic hydroxyl groups excluding tert-OH is 1. The Hall–Kier alpha value is -0.650. The summed E-state index contributed by atoms with van der Waals surface area (Å²) in [5.74, 6) is -1.27. The van der Waals surface area contributed by atoms with Gasteiger partial charge in [0.25, 0.3) is 0 Å². The highest BCUT2D eigenvalue weighted by Gasteiger charge is 2.40. The van der Waals surface area contributed by atoms with Gasteiger partial charge in [-0.2, -0.15) is 0 Å². The molecule has 1 fully saturated rings. The molecule has 94 valence electrons. The van der Waals surface area contributed by atoms with E-state index in [1.165, 1.54) is 4.90 Å². The van der Waals surface area contributed by atoms with Gasteiger partial charge in [0.15, 0.2) is 5.79 Å². The largest absolute Gasteiger partial charge is 0.390 e. The Bertz CT molecular complexity index is 265. The summed E-state index contributed by atoms with van der Waals surface area (Å²) in [6.07, 6.45) is -1.27. The van der Waals surface area contributed by atoms with Crippen molar-refractivity contribution in [1.29, 1.82) is 0 Å². The van der Waals surface area contributed by atoms with Crippen molar-refractivity contribution in [3.05, 3.63) is 0 Å². The van der Waals surface area contributed by atoms with E-state index in [4.69, 9.17) is 9.47 Å². The van der Waals surface area contributed by atoms with Gasteiger partial charge in [0.1, 0.15) is 6.10 Å². The first kappa shape index (κ1) is 13.4. The van der Waals surface area contributed by atoms with E-state index < -0.39 is 23.9 Å². The molecule has 0 bridgehead atoms. The minimum Gasteiger partial charge on any atom is -0.390 e. The highest BCUT2D eigenvalue weighted by atomic mass is 16.7. The molecule has 1 saturated heterocycles. The van der Waals surface area contributed by atoms with E-state index in [9.17, 15) is 9.90 Å². The van der Waals surface area contributed by atoms with Gasteiger partial charge >= 0.3 is 0 Å². The van der Waals surface area contributed by atoms with Crippen molar-refractivity contribution in [1.82, 2.24) is 4.90 Å². The molecule has 0 saturated carbocycles. The average molecular weight is 231 g/mol. The zero-order chi connectivity index (χ0) is 12.5. The third-order valence-electron chi connectivity index (χ3n) is 2.75. The number of carbonyl (C=O) groups excluding carboxylic acids is 1. The number of aliphatic hydroxyl groups is 1. The van der Waals surface area contributed by atoms with Crippen LogP contribution in [0.5, 0.6) is 0 Å². The molecule has 0 aliphatic carbocycles. The molecule has 0 aromatic heterocycles. The molecular weight excluding hydrogens is 210 g/mol. The van der Waals surface area contributed by atoms with Crippen LogP contribution in [-0.4, -0.2) is 54.6 Å². The quantitative estimate of drug-likeness (QED) is 0.755. The summed E-state index contributed by atoms with van der Waals surface area (Å²) in [4.78, 5) is 13.1. The Morgan fingerprint density at radius 2 is 2.06 bits per heavy atom. The van der Waals surface area contributed by atoms with Crippen LogP contribution in [0, 0.1) is 5.92 Å². The lowest BCUT2D eigenvalue weighted by atomic mass is 9.99. The summed E-state index contributed by atoms with van der Waals surface area (Å²) < 4.78 is 10.9. The first-order valence-corrected chi connectivity index (χ1v) is 5.45. The van der Waals surface area contributed by atoms with Crippen LogP contribution in [0.1, 0.15) is 20.8 Å². The number of ether oxygens (including phenoxy) is 2. The van der Waals surface area contributed by atoms with Crippen LogP contribution < -0.4 is 0 Å². The fraction of sp³-hybridized carbons (Fsp3) is 0.909. The molecule has 1 amide bonds. The normalized spacial score (nSPS) is 27.5. The van der Waals surface area contributed by atoms with Crippen LogP contribution in [0.2, 0.25) is 0 Å². The summed E-state index contributed by atoms with van der Waals surface area (Å²) in [6, 6.07) is 0. The molecule has 1 N–H and O–H groups in total. The van der Waals surface area contributed by atoms with E-state index >= 15 is 0 Å². The Morgan fingerprint density at radius 3 is 2.44 bits per heavy atom. The van der Waals surface area contributed by atoms with Gasteiger partial charge in [0.05, 0.1) is 18.6 Å². The maximum absolute atomic E-state index is 11.7. The van der Waals surface area contributed by atoms with Crippen molar-refractivity contribution in [3.63, 3.8) is 0 Å². The molecule has 3 atom stereocenters. The second-order valence-corrected chi connectivity index (χ2v) is 4.88. The van der Waals surface area contributed by atoms with Gasteiger partial charge < -0.3 is 19.5 Å². The van der Waals surface area contributed by atoms with Crippen LogP contribution in [-0.2, 0) is 14.3 Å². The predicted molar refractivity (Wildman–Crippen MR) is 58.8 cm³/mol. The number of hydrogen-bond acceptors (Lipinski definition) is 4. The van der Waals surface area contributed by atoms with E-state index in [0.29, 0.717) is 6.61 Å².